The number of nitrogens with zero attached hydrogens (tertiary/aromatic N) is 3. The SMILES string of the molecule is CN1C(=O)C[C@@H](C(=O)NC(Cc2cnc[nH]2)C(=O)N2CCC[C@H]2C(N)=O)NC1=O. The highest BCUT2D eigenvalue weighted by Gasteiger charge is 2.39. The van der Waals surface area contributed by atoms with Crippen LogP contribution in [-0.4, -0.2) is 81.1 Å². The second kappa shape index (κ2) is 8.29. The lowest BCUT2D eigenvalue weighted by molar-refractivity contribution is -0.141. The second-order valence-corrected chi connectivity index (χ2v) is 7.09. The number of aromatic amines is 1. The Morgan fingerprint density at radius 1 is 1.38 bits per heavy atom. The Morgan fingerprint density at radius 2 is 2.14 bits per heavy atom. The number of rotatable bonds is 6. The predicted molar refractivity (Wildman–Crippen MR) is 97.9 cm³/mol. The lowest BCUT2D eigenvalue weighted by Gasteiger charge is -2.31. The van der Waals surface area contributed by atoms with Gasteiger partial charge in [-0.15, -0.1) is 0 Å². The number of hydrogen-bond acceptors (Lipinski definition) is 6. The van der Waals surface area contributed by atoms with Gasteiger partial charge in [0.2, 0.25) is 23.6 Å². The molecule has 0 spiro atoms. The van der Waals surface area contributed by atoms with Gasteiger partial charge in [0.15, 0.2) is 0 Å². The Labute approximate surface area is 166 Å². The first kappa shape index (κ1) is 20.3. The Bertz CT molecular complexity index is 806. The van der Waals surface area contributed by atoms with Gasteiger partial charge in [0.05, 0.1) is 12.7 Å². The van der Waals surface area contributed by atoms with Crippen molar-refractivity contribution in [1.82, 2.24) is 30.4 Å². The molecule has 0 bridgehead atoms. The number of nitrogens with two attached hydrogens (primary N) is 1. The monoisotopic (exact) mass is 405 g/mol. The van der Waals surface area contributed by atoms with Gasteiger partial charge in [0, 0.05) is 31.9 Å². The summed E-state index contributed by atoms with van der Waals surface area (Å²) in [4.78, 5) is 70.1. The highest BCUT2D eigenvalue weighted by molar-refractivity contribution is 6.03. The number of likely N-dealkylation sites (tertiary alicyclic amines) is 1. The van der Waals surface area contributed by atoms with E-state index >= 15 is 0 Å². The van der Waals surface area contributed by atoms with Gasteiger partial charge in [0.25, 0.3) is 0 Å². The van der Waals surface area contributed by atoms with Crippen molar-refractivity contribution in [3.05, 3.63) is 18.2 Å². The molecule has 156 valence electrons. The average Bonchev–Trinajstić information content (AvgIpc) is 3.36. The van der Waals surface area contributed by atoms with Crippen LogP contribution < -0.4 is 16.4 Å². The standard InChI is InChI=1S/C17H23N7O5/c1-23-13(25)6-10(22-17(23)29)15(27)21-11(5-9-7-19-8-20-9)16(28)24-4-2-3-12(24)14(18)26/h7-8,10-12H,2-6H2,1H3,(H2,18,26)(H,19,20)(H,21,27)(H,22,29)/t10-,11?,12-/m0/s1. The van der Waals surface area contributed by atoms with Crippen LogP contribution in [0.1, 0.15) is 25.0 Å². The predicted octanol–water partition coefficient (Wildman–Crippen LogP) is -2.15. The molecular formula is C17H23N7O5. The summed E-state index contributed by atoms with van der Waals surface area (Å²) in [5, 5.41) is 5.03. The quantitative estimate of drug-likeness (QED) is 0.420. The molecule has 3 atom stereocenters. The van der Waals surface area contributed by atoms with Crippen molar-refractivity contribution in [2.24, 2.45) is 5.73 Å². The summed E-state index contributed by atoms with van der Waals surface area (Å²) in [5.41, 5.74) is 6.00. The van der Waals surface area contributed by atoms with Crippen molar-refractivity contribution in [1.29, 1.82) is 0 Å². The number of aromatic nitrogens is 2. The van der Waals surface area contributed by atoms with E-state index in [0.29, 0.717) is 25.1 Å². The Balaban J connectivity index is 1.76. The highest BCUT2D eigenvalue weighted by Crippen LogP contribution is 2.19. The summed E-state index contributed by atoms with van der Waals surface area (Å²) in [6.07, 6.45) is 3.93. The van der Waals surface area contributed by atoms with Crippen LogP contribution >= 0.6 is 0 Å². The molecule has 0 aliphatic carbocycles. The minimum atomic E-state index is -1.09. The van der Waals surface area contributed by atoms with E-state index in [0.717, 1.165) is 4.90 Å². The average molecular weight is 405 g/mol. The fourth-order valence-corrected chi connectivity index (χ4v) is 3.50. The maximum absolute atomic E-state index is 13.1. The molecule has 0 aromatic carbocycles. The first-order valence-corrected chi connectivity index (χ1v) is 9.22. The number of primary amides is 1. The second-order valence-electron chi connectivity index (χ2n) is 7.09. The minimum Gasteiger partial charge on any atom is -0.368 e. The molecule has 3 rings (SSSR count). The lowest BCUT2D eigenvalue weighted by atomic mass is 10.1. The van der Waals surface area contributed by atoms with Crippen molar-refractivity contribution in [3.63, 3.8) is 0 Å². The van der Waals surface area contributed by atoms with Crippen molar-refractivity contribution in [3.8, 4) is 0 Å². The fraction of sp³-hybridized carbons (Fsp3) is 0.529. The van der Waals surface area contributed by atoms with Crippen LogP contribution in [0.3, 0.4) is 0 Å². The van der Waals surface area contributed by atoms with E-state index in [1.165, 1.54) is 24.5 Å². The lowest BCUT2D eigenvalue weighted by Crippen LogP contribution is -2.61. The van der Waals surface area contributed by atoms with Crippen molar-refractivity contribution in [2.75, 3.05) is 13.6 Å². The molecule has 0 radical (unpaired) electrons. The normalized spacial score (nSPS) is 22.9. The number of imide groups is 1. The van der Waals surface area contributed by atoms with Gasteiger partial charge in [-0.25, -0.2) is 9.78 Å². The van der Waals surface area contributed by atoms with Crippen molar-refractivity contribution in [2.45, 2.75) is 43.8 Å². The number of amides is 6. The minimum absolute atomic E-state index is 0.0983. The van der Waals surface area contributed by atoms with Gasteiger partial charge < -0.3 is 26.3 Å². The van der Waals surface area contributed by atoms with Crippen LogP contribution in [-0.2, 0) is 25.6 Å². The number of carbonyl (C=O) groups is 5. The Kier molecular flexibility index (Phi) is 5.80. The molecule has 29 heavy (non-hydrogen) atoms. The van der Waals surface area contributed by atoms with E-state index in [9.17, 15) is 24.0 Å². The summed E-state index contributed by atoms with van der Waals surface area (Å²) >= 11 is 0. The number of carbonyl (C=O) groups excluding carboxylic acids is 5. The molecule has 12 heteroatoms. The molecule has 2 aliphatic heterocycles. The number of nitrogens with one attached hydrogen (secondary N) is 3. The summed E-state index contributed by atoms with van der Waals surface area (Å²) in [7, 11) is 1.31. The molecule has 2 saturated heterocycles. The fourth-order valence-electron chi connectivity index (χ4n) is 3.50. The van der Waals surface area contributed by atoms with Crippen LogP contribution in [0.25, 0.3) is 0 Å². The summed E-state index contributed by atoms with van der Waals surface area (Å²) < 4.78 is 0. The maximum atomic E-state index is 13.1. The molecule has 0 saturated carbocycles. The van der Waals surface area contributed by atoms with Gasteiger partial charge in [-0.1, -0.05) is 0 Å². The van der Waals surface area contributed by atoms with Crippen molar-refractivity contribution < 1.29 is 24.0 Å². The summed E-state index contributed by atoms with van der Waals surface area (Å²) in [5.74, 6) is -2.22. The molecule has 2 aliphatic rings. The van der Waals surface area contributed by atoms with Crippen LogP contribution in [0.15, 0.2) is 12.5 Å². The van der Waals surface area contributed by atoms with E-state index < -0.39 is 47.8 Å². The van der Waals surface area contributed by atoms with Crippen molar-refractivity contribution >= 4 is 29.7 Å². The van der Waals surface area contributed by atoms with E-state index in [1.807, 2.05) is 0 Å². The zero-order valence-electron chi connectivity index (χ0n) is 15.9. The van der Waals surface area contributed by atoms with E-state index in [1.54, 1.807) is 0 Å². The first-order chi connectivity index (χ1) is 13.8. The zero-order valence-corrected chi connectivity index (χ0v) is 15.9. The van der Waals surface area contributed by atoms with Crippen LogP contribution in [0.5, 0.6) is 0 Å². The third kappa shape index (κ3) is 4.36. The first-order valence-electron chi connectivity index (χ1n) is 9.22. The van der Waals surface area contributed by atoms with Gasteiger partial charge in [-0.05, 0) is 12.8 Å². The highest BCUT2D eigenvalue weighted by atomic mass is 16.2. The third-order valence-electron chi connectivity index (χ3n) is 5.13. The molecule has 2 fully saturated rings. The topological polar surface area (TPSA) is 171 Å². The molecule has 6 amide bonds. The van der Waals surface area contributed by atoms with E-state index in [-0.39, 0.29) is 12.8 Å². The molecule has 12 nitrogen and oxygen atoms in total. The summed E-state index contributed by atoms with van der Waals surface area (Å²) in [6, 6.07) is -3.53. The molecule has 1 aromatic rings. The zero-order chi connectivity index (χ0) is 21.1. The number of hydrogen-bond donors (Lipinski definition) is 4. The van der Waals surface area contributed by atoms with E-state index in [2.05, 4.69) is 20.6 Å². The Morgan fingerprint density at radius 3 is 2.76 bits per heavy atom. The van der Waals surface area contributed by atoms with Gasteiger partial charge in [0.1, 0.15) is 18.1 Å². The third-order valence-corrected chi connectivity index (χ3v) is 5.13. The largest absolute Gasteiger partial charge is 0.368 e. The van der Waals surface area contributed by atoms with Crippen LogP contribution in [0, 0.1) is 0 Å². The summed E-state index contributed by atoms with van der Waals surface area (Å²) in [6.45, 7) is 0.352. The molecular weight excluding hydrogens is 382 g/mol. The van der Waals surface area contributed by atoms with Crippen LogP contribution in [0.2, 0.25) is 0 Å². The maximum Gasteiger partial charge on any atom is 0.324 e. The van der Waals surface area contributed by atoms with Crippen LogP contribution in [0.4, 0.5) is 4.79 Å². The van der Waals surface area contributed by atoms with E-state index in [4.69, 9.17) is 5.73 Å². The van der Waals surface area contributed by atoms with Gasteiger partial charge in [-0.3, -0.25) is 24.1 Å². The Hall–Kier alpha value is -3.44. The van der Waals surface area contributed by atoms with Gasteiger partial charge in [-0.2, -0.15) is 0 Å². The molecule has 5 N–H and O–H groups in total. The molecule has 1 aromatic heterocycles. The number of H-pyrrole nitrogens is 1. The number of urea groups is 1. The smallest absolute Gasteiger partial charge is 0.324 e. The number of imidazole rings is 1. The van der Waals surface area contributed by atoms with Gasteiger partial charge >= 0.3 is 6.03 Å². The molecule has 3 heterocycles. The molecule has 1 unspecified atom stereocenters.